The number of benzene rings is 1. The van der Waals surface area contributed by atoms with Crippen LogP contribution in [-0.2, 0) is 26.5 Å². The number of rotatable bonds is 2. The van der Waals surface area contributed by atoms with Gasteiger partial charge in [-0.2, -0.15) is 0 Å². The van der Waals surface area contributed by atoms with E-state index < -0.39 is 25.6 Å². The van der Waals surface area contributed by atoms with E-state index >= 15 is 0 Å². The number of fused-ring (bicyclic) bond motifs is 1. The highest BCUT2D eigenvalue weighted by Gasteiger charge is 2.42. The van der Waals surface area contributed by atoms with E-state index in [-0.39, 0.29) is 9.79 Å². The Morgan fingerprint density at radius 1 is 1.13 bits per heavy atom. The molecule has 1 aromatic rings. The van der Waals surface area contributed by atoms with Crippen LogP contribution in [0.3, 0.4) is 0 Å². The molecule has 1 aromatic carbocycles. The molecule has 0 radical (unpaired) electrons. The van der Waals surface area contributed by atoms with Gasteiger partial charge >= 0.3 is 0 Å². The van der Waals surface area contributed by atoms with Crippen molar-refractivity contribution in [1.82, 2.24) is 9.03 Å². The third-order valence-electron chi connectivity index (χ3n) is 4.80. The van der Waals surface area contributed by atoms with Crippen LogP contribution in [0, 0.1) is 0 Å². The second-order valence-corrected chi connectivity index (χ2v) is 10.5. The highest BCUT2D eigenvalue weighted by molar-refractivity contribution is 7.90. The molecule has 23 heavy (non-hydrogen) atoms. The van der Waals surface area contributed by atoms with Crippen LogP contribution in [0.25, 0.3) is 0 Å². The summed E-state index contributed by atoms with van der Waals surface area (Å²) in [4.78, 5) is 0.0999. The van der Waals surface area contributed by atoms with Crippen LogP contribution in [0.15, 0.2) is 28.0 Å². The van der Waals surface area contributed by atoms with Crippen LogP contribution < -0.4 is 4.72 Å². The van der Waals surface area contributed by atoms with Crippen LogP contribution in [-0.4, -0.2) is 40.8 Å². The van der Waals surface area contributed by atoms with Crippen molar-refractivity contribution in [3.8, 4) is 0 Å². The number of sulfonamides is 2. The van der Waals surface area contributed by atoms with Crippen molar-refractivity contribution in [2.24, 2.45) is 0 Å². The summed E-state index contributed by atoms with van der Waals surface area (Å²) in [7, 11) is -4.49. The van der Waals surface area contributed by atoms with Crippen molar-refractivity contribution in [2.45, 2.75) is 53.9 Å². The van der Waals surface area contributed by atoms with E-state index in [2.05, 4.69) is 4.72 Å². The molecule has 0 saturated heterocycles. The van der Waals surface area contributed by atoms with Gasteiger partial charge in [-0.15, -0.1) is 0 Å². The molecule has 0 amide bonds. The van der Waals surface area contributed by atoms with Gasteiger partial charge in [0.1, 0.15) is 0 Å². The Morgan fingerprint density at radius 3 is 2.39 bits per heavy atom. The van der Waals surface area contributed by atoms with Crippen LogP contribution in [0.1, 0.15) is 37.7 Å². The van der Waals surface area contributed by atoms with Gasteiger partial charge in [0.05, 0.1) is 9.79 Å². The average molecular weight is 358 g/mol. The highest BCUT2D eigenvalue weighted by Crippen LogP contribution is 2.38. The summed E-state index contributed by atoms with van der Waals surface area (Å²) < 4.78 is 53.7. The van der Waals surface area contributed by atoms with Gasteiger partial charge < -0.3 is 0 Å². The lowest BCUT2D eigenvalue weighted by atomic mass is 9.78. The Labute approximate surface area is 138 Å². The van der Waals surface area contributed by atoms with Crippen LogP contribution >= 0.6 is 0 Å². The zero-order valence-electron chi connectivity index (χ0n) is 13.4. The van der Waals surface area contributed by atoms with Crippen LogP contribution in [0.5, 0.6) is 0 Å². The van der Waals surface area contributed by atoms with Gasteiger partial charge in [-0.1, -0.05) is 25.3 Å². The predicted octanol–water partition coefficient (Wildman–Crippen LogP) is 1.47. The fraction of sp³-hybridized carbons (Fsp3) is 0.600. The van der Waals surface area contributed by atoms with E-state index in [4.69, 9.17) is 0 Å². The van der Waals surface area contributed by atoms with Gasteiger partial charge in [-0.3, -0.25) is 0 Å². The molecule has 1 aliphatic carbocycles. The van der Waals surface area contributed by atoms with Gasteiger partial charge in [0.25, 0.3) is 0 Å². The van der Waals surface area contributed by atoms with Crippen molar-refractivity contribution in [3.63, 3.8) is 0 Å². The number of hydrogen-bond donors (Lipinski definition) is 1. The Bertz CT molecular complexity index is 823. The van der Waals surface area contributed by atoms with Crippen molar-refractivity contribution in [3.05, 3.63) is 23.8 Å². The quantitative estimate of drug-likeness (QED) is 0.868. The smallest absolute Gasteiger partial charge is 0.207 e. The Balaban J connectivity index is 2.08. The lowest BCUT2D eigenvalue weighted by Gasteiger charge is -2.41. The molecule has 2 aliphatic rings. The summed E-state index contributed by atoms with van der Waals surface area (Å²) in [5, 5.41) is 0. The van der Waals surface area contributed by atoms with Gasteiger partial charge in [-0.05, 0) is 37.0 Å². The first-order valence-corrected chi connectivity index (χ1v) is 10.7. The molecule has 0 unspecified atom stereocenters. The summed E-state index contributed by atoms with van der Waals surface area (Å²) in [5.41, 5.74) is 0.315. The molecule has 0 bridgehead atoms. The van der Waals surface area contributed by atoms with Crippen molar-refractivity contribution < 1.29 is 16.8 Å². The summed E-state index contributed by atoms with van der Waals surface area (Å²) in [6.07, 6.45) is 5.48. The molecular weight excluding hydrogens is 336 g/mol. The second-order valence-electron chi connectivity index (χ2n) is 6.68. The third-order valence-corrected chi connectivity index (χ3v) is 8.27. The van der Waals surface area contributed by atoms with Crippen molar-refractivity contribution in [1.29, 1.82) is 0 Å². The fourth-order valence-corrected chi connectivity index (χ4v) is 6.28. The molecule has 1 spiro atoms. The first-order chi connectivity index (χ1) is 10.7. The molecule has 1 heterocycles. The Hall–Kier alpha value is -0.960. The average Bonchev–Trinajstić information content (AvgIpc) is 2.46. The lowest BCUT2D eigenvalue weighted by Crippen LogP contribution is -2.54. The normalized spacial score (nSPS) is 22.9. The molecule has 0 aromatic heterocycles. The van der Waals surface area contributed by atoms with Gasteiger partial charge in [0.2, 0.25) is 20.0 Å². The Morgan fingerprint density at radius 2 is 1.78 bits per heavy atom. The maximum absolute atomic E-state index is 12.7. The highest BCUT2D eigenvalue weighted by atomic mass is 32.2. The van der Waals surface area contributed by atoms with Gasteiger partial charge in [-0.25, -0.2) is 25.9 Å². The van der Waals surface area contributed by atoms with E-state index in [1.807, 2.05) is 0 Å². The maximum Gasteiger partial charge on any atom is 0.242 e. The minimum absolute atomic E-state index is 0.00576. The molecule has 3 rings (SSSR count). The van der Waals surface area contributed by atoms with Crippen molar-refractivity contribution in [2.75, 3.05) is 14.1 Å². The molecule has 128 valence electrons. The van der Waals surface area contributed by atoms with Crippen LogP contribution in [0.4, 0.5) is 0 Å². The minimum Gasteiger partial charge on any atom is -0.207 e. The molecule has 1 aliphatic heterocycles. The standard InChI is InChI=1S/C15H22N2O4S2/c1-17(2)23(20,21)13-7-6-12-11-15(8-4-3-5-9-15)16-22(18,19)14(12)10-13/h6-7,10,16H,3-5,8-9,11H2,1-2H3. The first kappa shape index (κ1) is 16.9. The predicted molar refractivity (Wildman–Crippen MR) is 87.2 cm³/mol. The van der Waals surface area contributed by atoms with Gasteiger partial charge in [0.15, 0.2) is 0 Å². The maximum atomic E-state index is 12.7. The van der Waals surface area contributed by atoms with E-state index in [0.717, 1.165) is 36.4 Å². The fourth-order valence-electron chi connectivity index (χ4n) is 3.55. The molecule has 0 atom stereocenters. The van der Waals surface area contributed by atoms with Crippen molar-refractivity contribution >= 4 is 20.0 Å². The summed E-state index contributed by atoms with van der Waals surface area (Å²) >= 11 is 0. The number of nitrogens with zero attached hydrogens (tertiary/aromatic N) is 1. The second kappa shape index (κ2) is 5.54. The molecule has 6 nitrogen and oxygen atoms in total. The molecular formula is C15H22N2O4S2. The molecule has 1 saturated carbocycles. The topological polar surface area (TPSA) is 83.6 Å². The number of nitrogens with one attached hydrogen (secondary N) is 1. The third kappa shape index (κ3) is 2.93. The molecule has 1 fully saturated rings. The summed E-state index contributed by atoms with van der Waals surface area (Å²) in [6.45, 7) is 0. The summed E-state index contributed by atoms with van der Waals surface area (Å²) in [6, 6.07) is 4.44. The van der Waals surface area contributed by atoms with Gasteiger partial charge in [0, 0.05) is 19.6 Å². The molecule has 8 heteroatoms. The lowest BCUT2D eigenvalue weighted by molar-refractivity contribution is 0.259. The minimum atomic E-state index is -3.69. The number of hydrogen-bond acceptors (Lipinski definition) is 4. The van der Waals surface area contributed by atoms with E-state index in [1.54, 1.807) is 6.07 Å². The van der Waals surface area contributed by atoms with E-state index in [9.17, 15) is 16.8 Å². The SMILES string of the molecule is CN(C)S(=O)(=O)c1ccc2c(c1)S(=O)(=O)NC1(CCCCC1)C2. The zero-order valence-corrected chi connectivity index (χ0v) is 15.0. The summed E-state index contributed by atoms with van der Waals surface area (Å²) in [5.74, 6) is 0. The monoisotopic (exact) mass is 358 g/mol. The first-order valence-electron chi connectivity index (χ1n) is 7.76. The molecule has 1 N–H and O–H groups in total. The largest absolute Gasteiger partial charge is 0.242 e. The zero-order chi connectivity index (χ0) is 16.9. The Kier molecular flexibility index (Phi) is 4.07. The van der Waals surface area contributed by atoms with E-state index in [0.29, 0.717) is 12.0 Å². The van der Waals surface area contributed by atoms with E-state index in [1.165, 1.54) is 26.2 Å². The van der Waals surface area contributed by atoms with Crippen LogP contribution in [0.2, 0.25) is 0 Å².